The number of rotatable bonds is 6. The van der Waals surface area contributed by atoms with Crippen molar-refractivity contribution in [3.05, 3.63) is 59.7 Å². The lowest BCUT2D eigenvalue weighted by Gasteiger charge is -2.25. The molecule has 0 radical (unpaired) electrons. The minimum atomic E-state index is -0.262. The van der Waals surface area contributed by atoms with Crippen molar-refractivity contribution in [3.8, 4) is 5.75 Å². The Labute approximate surface area is 188 Å². The number of nitrogens with zero attached hydrogens (tertiary/aromatic N) is 4. The van der Waals surface area contributed by atoms with Crippen LogP contribution in [0.15, 0.2) is 47.0 Å². The number of carbonyl (C=O) groups is 1. The molecule has 1 aliphatic rings. The van der Waals surface area contributed by atoms with E-state index in [0.29, 0.717) is 41.9 Å². The van der Waals surface area contributed by atoms with Gasteiger partial charge in [0.05, 0.1) is 29.0 Å². The maximum Gasteiger partial charge on any atom is 0.259 e. The summed E-state index contributed by atoms with van der Waals surface area (Å²) in [6.45, 7) is 4.92. The number of fused-ring (bicyclic) bond motifs is 1. The first kappa shape index (κ1) is 20.4. The Hall–Kier alpha value is -3.50. The summed E-state index contributed by atoms with van der Waals surface area (Å²) in [5, 5.41) is 7.74. The molecule has 2 aromatic heterocycles. The van der Waals surface area contributed by atoms with Gasteiger partial charge in [0.2, 0.25) is 11.7 Å². The van der Waals surface area contributed by atoms with Crippen LogP contribution in [0, 0.1) is 6.92 Å². The molecule has 2 aromatic carbocycles. The monoisotopic (exact) mass is 451 g/mol. The molecular formula is C22H21N5O4S. The van der Waals surface area contributed by atoms with E-state index in [-0.39, 0.29) is 12.5 Å². The second kappa shape index (κ2) is 8.93. The first-order chi connectivity index (χ1) is 15.7. The van der Waals surface area contributed by atoms with Gasteiger partial charge in [-0.2, -0.15) is 4.98 Å². The highest BCUT2D eigenvalue weighted by molar-refractivity contribution is 7.22. The number of aromatic nitrogens is 3. The van der Waals surface area contributed by atoms with Gasteiger partial charge in [-0.05, 0) is 30.3 Å². The molecule has 164 valence electrons. The Balaban J connectivity index is 1.31. The molecule has 9 nitrogen and oxygen atoms in total. The van der Waals surface area contributed by atoms with Crippen molar-refractivity contribution in [2.75, 3.05) is 36.5 Å². The van der Waals surface area contributed by atoms with Gasteiger partial charge in [-0.15, -0.1) is 0 Å². The van der Waals surface area contributed by atoms with Crippen LogP contribution < -0.4 is 15.0 Å². The summed E-state index contributed by atoms with van der Waals surface area (Å²) in [6.07, 6.45) is 0. The lowest BCUT2D eigenvalue weighted by Crippen LogP contribution is -2.36. The fourth-order valence-electron chi connectivity index (χ4n) is 3.40. The maximum atomic E-state index is 13.0. The SMILES string of the molecule is Cc1nc(COc2ccccc2C(=O)Nc2ccc3nc(N4CCOCC4)sc3c2)no1. The lowest BCUT2D eigenvalue weighted by molar-refractivity contribution is 0.102. The van der Waals surface area contributed by atoms with Gasteiger partial charge >= 0.3 is 0 Å². The summed E-state index contributed by atoms with van der Waals surface area (Å²) in [7, 11) is 0. The summed E-state index contributed by atoms with van der Waals surface area (Å²) in [5.41, 5.74) is 2.03. The summed E-state index contributed by atoms with van der Waals surface area (Å²) in [5.74, 6) is 1.07. The summed E-state index contributed by atoms with van der Waals surface area (Å²) >= 11 is 1.61. The molecule has 1 fully saturated rings. The molecule has 32 heavy (non-hydrogen) atoms. The molecule has 1 aliphatic heterocycles. The van der Waals surface area contributed by atoms with Crippen LogP contribution in [0.3, 0.4) is 0 Å². The highest BCUT2D eigenvalue weighted by Gasteiger charge is 2.17. The Bertz CT molecular complexity index is 1250. The average Bonchev–Trinajstić information content (AvgIpc) is 3.44. The molecule has 10 heteroatoms. The van der Waals surface area contributed by atoms with Crippen LogP contribution in [0.25, 0.3) is 10.2 Å². The van der Waals surface area contributed by atoms with Crippen LogP contribution >= 0.6 is 11.3 Å². The van der Waals surface area contributed by atoms with Crippen molar-refractivity contribution >= 4 is 38.3 Å². The average molecular weight is 452 g/mol. The van der Waals surface area contributed by atoms with Crippen molar-refractivity contribution in [2.24, 2.45) is 0 Å². The molecule has 1 N–H and O–H groups in total. The fraction of sp³-hybridized carbons (Fsp3) is 0.273. The zero-order valence-corrected chi connectivity index (χ0v) is 18.2. The second-order valence-electron chi connectivity index (χ2n) is 7.25. The second-order valence-corrected chi connectivity index (χ2v) is 8.26. The van der Waals surface area contributed by atoms with Crippen molar-refractivity contribution in [1.29, 1.82) is 0 Å². The molecule has 0 unspecified atom stereocenters. The molecule has 0 bridgehead atoms. The van der Waals surface area contributed by atoms with Crippen LogP contribution in [0.5, 0.6) is 5.75 Å². The van der Waals surface area contributed by atoms with Gasteiger partial charge in [0.15, 0.2) is 11.7 Å². The van der Waals surface area contributed by atoms with E-state index in [2.05, 4.69) is 20.4 Å². The van der Waals surface area contributed by atoms with Gasteiger partial charge in [0.1, 0.15) is 5.75 Å². The van der Waals surface area contributed by atoms with Crippen LogP contribution in [0.2, 0.25) is 0 Å². The summed E-state index contributed by atoms with van der Waals surface area (Å²) in [6, 6.07) is 12.8. The zero-order valence-electron chi connectivity index (χ0n) is 17.4. The summed E-state index contributed by atoms with van der Waals surface area (Å²) in [4.78, 5) is 24.0. The molecule has 0 saturated carbocycles. The highest BCUT2D eigenvalue weighted by atomic mass is 32.1. The fourth-order valence-corrected chi connectivity index (χ4v) is 4.46. The Morgan fingerprint density at radius 2 is 2.03 bits per heavy atom. The van der Waals surface area contributed by atoms with E-state index in [1.54, 1.807) is 36.5 Å². The van der Waals surface area contributed by atoms with E-state index in [1.807, 2.05) is 24.3 Å². The topological polar surface area (TPSA) is 103 Å². The number of carbonyl (C=O) groups excluding carboxylic acids is 1. The van der Waals surface area contributed by atoms with E-state index >= 15 is 0 Å². The zero-order chi connectivity index (χ0) is 21.9. The number of amides is 1. The molecule has 5 rings (SSSR count). The minimum absolute atomic E-state index is 0.110. The van der Waals surface area contributed by atoms with Gasteiger partial charge in [0, 0.05) is 25.7 Å². The number of nitrogens with one attached hydrogen (secondary N) is 1. The van der Waals surface area contributed by atoms with Gasteiger partial charge in [-0.25, -0.2) is 4.98 Å². The number of para-hydroxylation sites is 1. The quantitative estimate of drug-likeness (QED) is 0.474. The van der Waals surface area contributed by atoms with Crippen molar-refractivity contribution in [3.63, 3.8) is 0 Å². The first-order valence-electron chi connectivity index (χ1n) is 10.2. The Kier molecular flexibility index (Phi) is 5.70. The summed E-state index contributed by atoms with van der Waals surface area (Å²) < 4.78 is 17.2. The number of ether oxygens (including phenoxy) is 2. The van der Waals surface area contributed by atoms with Gasteiger partial charge in [-0.3, -0.25) is 4.79 Å². The number of benzene rings is 2. The lowest BCUT2D eigenvalue weighted by atomic mass is 10.2. The minimum Gasteiger partial charge on any atom is -0.485 e. The molecule has 4 aromatic rings. The first-order valence-corrected chi connectivity index (χ1v) is 11.0. The van der Waals surface area contributed by atoms with Crippen LogP contribution in [-0.2, 0) is 11.3 Å². The third-order valence-corrected chi connectivity index (χ3v) is 6.05. The van der Waals surface area contributed by atoms with Crippen molar-refractivity contribution in [1.82, 2.24) is 15.1 Å². The molecule has 0 atom stereocenters. The normalized spacial score (nSPS) is 14.0. The van der Waals surface area contributed by atoms with Crippen LogP contribution in [-0.4, -0.2) is 47.3 Å². The molecular weight excluding hydrogens is 430 g/mol. The number of morpholine rings is 1. The van der Waals surface area contributed by atoms with Crippen LogP contribution in [0.1, 0.15) is 22.1 Å². The third kappa shape index (κ3) is 4.41. The number of aryl methyl sites for hydroxylation is 1. The smallest absolute Gasteiger partial charge is 0.259 e. The van der Waals surface area contributed by atoms with Crippen molar-refractivity contribution < 1.29 is 18.8 Å². The van der Waals surface area contributed by atoms with E-state index in [4.69, 9.17) is 19.0 Å². The molecule has 0 aliphatic carbocycles. The number of hydrogen-bond acceptors (Lipinski definition) is 9. The van der Waals surface area contributed by atoms with Crippen molar-refractivity contribution in [2.45, 2.75) is 13.5 Å². The highest BCUT2D eigenvalue weighted by Crippen LogP contribution is 2.31. The number of thiazole rings is 1. The van der Waals surface area contributed by atoms with E-state index in [9.17, 15) is 4.79 Å². The third-order valence-electron chi connectivity index (χ3n) is 4.97. The largest absolute Gasteiger partial charge is 0.485 e. The van der Waals surface area contributed by atoms with Gasteiger partial charge < -0.3 is 24.2 Å². The molecule has 3 heterocycles. The van der Waals surface area contributed by atoms with E-state index < -0.39 is 0 Å². The predicted molar refractivity (Wildman–Crippen MR) is 120 cm³/mol. The van der Waals surface area contributed by atoms with Gasteiger partial charge in [-0.1, -0.05) is 28.6 Å². The molecule has 1 saturated heterocycles. The molecule has 1 amide bonds. The van der Waals surface area contributed by atoms with Gasteiger partial charge in [0.25, 0.3) is 5.91 Å². The standard InChI is InChI=1S/C22H21N5O4S/c1-14-23-20(26-31-14)13-30-18-5-3-2-4-16(18)21(28)24-15-6-7-17-19(12-15)32-22(25-17)27-8-10-29-11-9-27/h2-7,12H,8-11,13H2,1H3,(H,24,28). The van der Waals surface area contributed by atoms with Crippen LogP contribution in [0.4, 0.5) is 10.8 Å². The number of hydrogen-bond donors (Lipinski definition) is 1. The molecule has 0 spiro atoms. The number of anilines is 2. The Morgan fingerprint density at radius 3 is 2.84 bits per heavy atom. The van der Waals surface area contributed by atoms with E-state index in [0.717, 1.165) is 28.4 Å². The maximum absolute atomic E-state index is 13.0. The Morgan fingerprint density at radius 1 is 1.19 bits per heavy atom. The van der Waals surface area contributed by atoms with E-state index in [1.165, 1.54) is 0 Å². The predicted octanol–water partition coefficient (Wildman–Crippen LogP) is 3.66.